The van der Waals surface area contributed by atoms with E-state index in [2.05, 4.69) is 0 Å². The number of nitriles is 1. The maximum atomic E-state index is 12.0. The van der Waals surface area contributed by atoms with Crippen molar-refractivity contribution in [3.63, 3.8) is 0 Å². The summed E-state index contributed by atoms with van der Waals surface area (Å²) in [6, 6.07) is 8.10. The number of carbonyl (C=O) groups excluding carboxylic acids is 2. The van der Waals surface area contributed by atoms with Gasteiger partial charge in [0.1, 0.15) is 16.8 Å². The maximum absolute atomic E-state index is 12.0. The third-order valence-corrected chi connectivity index (χ3v) is 4.89. The van der Waals surface area contributed by atoms with Gasteiger partial charge >= 0.3 is 29.6 Å². The molecule has 0 saturated carbocycles. The molecule has 24 heavy (non-hydrogen) atoms. The Bertz CT molecular complexity index is 756. The Hall–Kier alpha value is -1.50. The second-order valence-corrected chi connectivity index (χ2v) is 6.23. The number of amides is 1. The average Bonchev–Trinajstić information content (AvgIpc) is 2.82. The molecule has 1 aromatic carbocycles. The van der Waals surface area contributed by atoms with Gasteiger partial charge in [0.15, 0.2) is 5.09 Å². The minimum Gasteiger partial charge on any atom is -0.543 e. The Balaban J connectivity index is 0.00000208. The molecular formula is C15H11N2NaO5S. The molecular weight excluding hydrogens is 343 g/mol. The molecule has 0 aliphatic carbocycles. The van der Waals surface area contributed by atoms with Crippen molar-refractivity contribution in [3.05, 3.63) is 40.6 Å². The summed E-state index contributed by atoms with van der Waals surface area (Å²) < 4.78 is 5.54. The number of thioether (sulfide) groups is 1. The number of carbonyl (C=O) groups is 2. The van der Waals surface area contributed by atoms with E-state index in [0.29, 0.717) is 11.3 Å². The molecule has 2 heterocycles. The summed E-state index contributed by atoms with van der Waals surface area (Å²) in [5.74, 6) is -2.30. The van der Waals surface area contributed by atoms with Crippen molar-refractivity contribution in [1.29, 1.82) is 5.26 Å². The quantitative estimate of drug-likeness (QED) is 0.447. The second kappa shape index (κ2) is 7.17. The molecule has 3 rings (SSSR count). The molecule has 2 aliphatic rings. The fraction of sp³-hybridized carbons (Fsp3) is 0.267. The van der Waals surface area contributed by atoms with Crippen LogP contribution in [0.1, 0.15) is 12.5 Å². The van der Waals surface area contributed by atoms with Crippen LogP contribution in [0.2, 0.25) is 0 Å². The molecule has 7 nitrogen and oxygen atoms in total. The number of rotatable bonds is 4. The van der Waals surface area contributed by atoms with Gasteiger partial charge in [-0.25, -0.2) is 0 Å². The Morgan fingerprint density at radius 2 is 2.08 bits per heavy atom. The van der Waals surface area contributed by atoms with Crippen LogP contribution in [0.5, 0.6) is 5.75 Å². The summed E-state index contributed by atoms with van der Waals surface area (Å²) >= 11 is 1.06. The molecule has 1 aromatic rings. The van der Waals surface area contributed by atoms with E-state index in [0.717, 1.165) is 16.7 Å². The number of carboxylic acid groups (broad SMARTS) is 1. The summed E-state index contributed by atoms with van der Waals surface area (Å²) in [5.41, 5.74) is 0.116. The largest absolute Gasteiger partial charge is 1.00 e. The predicted octanol–water partition coefficient (Wildman–Crippen LogP) is -3.23. The van der Waals surface area contributed by atoms with Gasteiger partial charge in [-0.3, -0.25) is 9.69 Å². The minimum atomic E-state index is -1.51. The first-order valence-corrected chi connectivity index (χ1v) is 7.63. The summed E-state index contributed by atoms with van der Waals surface area (Å²) in [6.45, 7) is 1.48. The molecule has 118 valence electrons. The molecule has 3 atom stereocenters. The minimum absolute atomic E-state index is 0. The second-order valence-electron chi connectivity index (χ2n) is 5.14. The van der Waals surface area contributed by atoms with Crippen molar-refractivity contribution < 1.29 is 54.1 Å². The van der Waals surface area contributed by atoms with Gasteiger partial charge in [0, 0.05) is 0 Å². The molecule has 1 amide bonds. The van der Waals surface area contributed by atoms with Crippen molar-refractivity contribution in [3.8, 4) is 11.8 Å². The summed E-state index contributed by atoms with van der Waals surface area (Å²) in [4.78, 5) is 24.4. The zero-order valence-corrected chi connectivity index (χ0v) is 15.7. The third kappa shape index (κ3) is 3.06. The fourth-order valence-electron chi connectivity index (χ4n) is 2.52. The van der Waals surface area contributed by atoms with Crippen LogP contribution in [0.4, 0.5) is 0 Å². The standard InChI is InChI=1S/C15H12N2O5S.Na/c1-7(18)10-12(19)17-11(14(20)21)15(23-13(10)17)22-9-4-2-8(6-16)3-5-9;/h2-5,7,10,13,18H,1H3,(H,20,21);/q;+1/p-1/t7?,10-,13+;/m0./s1. The van der Waals surface area contributed by atoms with E-state index in [1.807, 2.05) is 6.07 Å². The van der Waals surface area contributed by atoms with Crippen molar-refractivity contribution in [1.82, 2.24) is 4.90 Å². The number of ether oxygens (including phenoxy) is 1. The van der Waals surface area contributed by atoms with E-state index < -0.39 is 29.3 Å². The average molecular weight is 354 g/mol. The Morgan fingerprint density at radius 1 is 1.46 bits per heavy atom. The molecule has 0 radical (unpaired) electrons. The van der Waals surface area contributed by atoms with Gasteiger partial charge in [0.2, 0.25) is 5.91 Å². The summed E-state index contributed by atoms with van der Waals surface area (Å²) in [6.07, 6.45) is -0.881. The molecule has 1 saturated heterocycles. The first-order valence-electron chi connectivity index (χ1n) is 6.75. The van der Waals surface area contributed by atoms with Gasteiger partial charge in [0.25, 0.3) is 0 Å². The van der Waals surface area contributed by atoms with E-state index in [-0.39, 0.29) is 40.3 Å². The van der Waals surface area contributed by atoms with Crippen LogP contribution in [0.25, 0.3) is 0 Å². The van der Waals surface area contributed by atoms with Crippen LogP contribution in [-0.2, 0) is 9.59 Å². The van der Waals surface area contributed by atoms with Gasteiger partial charge < -0.3 is 19.7 Å². The van der Waals surface area contributed by atoms with Gasteiger partial charge in [-0.15, -0.1) is 0 Å². The Kier molecular flexibility index (Phi) is 5.63. The number of nitrogens with zero attached hydrogens (tertiary/aromatic N) is 2. The van der Waals surface area contributed by atoms with Gasteiger partial charge in [-0.1, -0.05) is 11.8 Å². The van der Waals surface area contributed by atoms with E-state index in [1.54, 1.807) is 0 Å². The van der Waals surface area contributed by atoms with E-state index in [1.165, 1.54) is 31.2 Å². The van der Waals surface area contributed by atoms with Crippen molar-refractivity contribution in [2.24, 2.45) is 5.92 Å². The predicted molar refractivity (Wildman–Crippen MR) is 77.2 cm³/mol. The topological polar surface area (TPSA) is 114 Å². The van der Waals surface area contributed by atoms with Crippen LogP contribution in [-0.4, -0.2) is 33.4 Å². The molecule has 1 unspecified atom stereocenters. The van der Waals surface area contributed by atoms with Crippen molar-refractivity contribution in [2.45, 2.75) is 18.4 Å². The van der Waals surface area contributed by atoms with Crippen molar-refractivity contribution in [2.75, 3.05) is 0 Å². The number of aliphatic carboxylic acids is 1. The van der Waals surface area contributed by atoms with Gasteiger partial charge in [-0.05, 0) is 31.2 Å². The SMILES string of the molecule is CC(O)[C@H]1C(=O)N2C(C(=O)[O-])=C(Oc3ccc(C#N)cc3)S[C@H]12.[Na+]. The molecule has 1 N–H and O–H groups in total. The number of carboxylic acids is 1. The number of hydrogen-bond donors (Lipinski definition) is 1. The van der Waals surface area contributed by atoms with E-state index in [4.69, 9.17) is 10.00 Å². The van der Waals surface area contributed by atoms with Gasteiger partial charge in [-0.2, -0.15) is 5.26 Å². The zero-order valence-electron chi connectivity index (χ0n) is 12.9. The number of fused-ring (bicyclic) bond motifs is 1. The van der Waals surface area contributed by atoms with Crippen LogP contribution in [0.15, 0.2) is 35.1 Å². The summed E-state index contributed by atoms with van der Waals surface area (Å²) in [7, 11) is 0. The number of aliphatic hydroxyl groups excluding tert-OH is 1. The third-order valence-electron chi connectivity index (χ3n) is 3.65. The first-order chi connectivity index (χ1) is 10.9. The van der Waals surface area contributed by atoms with E-state index >= 15 is 0 Å². The first kappa shape index (κ1) is 18.8. The van der Waals surface area contributed by atoms with Gasteiger partial charge in [0.05, 0.1) is 29.6 Å². The van der Waals surface area contributed by atoms with Crippen LogP contribution in [0, 0.1) is 17.2 Å². The number of hydrogen-bond acceptors (Lipinski definition) is 7. The molecule has 9 heteroatoms. The van der Waals surface area contributed by atoms with Crippen LogP contribution < -0.4 is 39.4 Å². The number of aliphatic hydroxyl groups is 1. The number of benzene rings is 1. The smallest absolute Gasteiger partial charge is 0.543 e. The molecule has 1 fully saturated rings. The summed E-state index contributed by atoms with van der Waals surface area (Å²) in [5, 5.41) is 29.3. The Morgan fingerprint density at radius 3 is 2.58 bits per heavy atom. The van der Waals surface area contributed by atoms with Crippen molar-refractivity contribution >= 4 is 23.6 Å². The normalized spacial score (nSPS) is 22.9. The Labute approximate surface area is 164 Å². The van der Waals surface area contributed by atoms with Crippen LogP contribution >= 0.6 is 11.8 Å². The molecule has 0 aromatic heterocycles. The zero-order chi connectivity index (χ0) is 16.7. The maximum Gasteiger partial charge on any atom is 1.00 e. The molecule has 0 spiro atoms. The molecule has 2 aliphatic heterocycles. The molecule has 0 bridgehead atoms. The van der Waals surface area contributed by atoms with E-state index in [9.17, 15) is 19.8 Å². The fourth-order valence-corrected chi connectivity index (χ4v) is 3.98. The number of β-lactam (4-membered cyclic amide) rings is 1. The van der Waals surface area contributed by atoms with Crippen LogP contribution in [0.3, 0.4) is 0 Å². The monoisotopic (exact) mass is 354 g/mol.